The Labute approximate surface area is 136 Å². The average Bonchev–Trinajstić information content (AvgIpc) is 3.05. The van der Waals surface area contributed by atoms with Gasteiger partial charge in [-0.2, -0.15) is 4.31 Å². The number of sulfonamides is 1. The van der Waals surface area contributed by atoms with E-state index in [0.29, 0.717) is 38.0 Å². The average molecular weight is 345 g/mol. The van der Waals surface area contributed by atoms with Crippen molar-refractivity contribution in [2.45, 2.75) is 44.8 Å². The molecule has 0 aliphatic carbocycles. The second-order valence-electron chi connectivity index (χ2n) is 5.87. The number of rotatable bonds is 5. The lowest BCUT2D eigenvalue weighted by Gasteiger charge is -2.32. The van der Waals surface area contributed by atoms with Gasteiger partial charge in [-0.3, -0.25) is 0 Å². The lowest BCUT2D eigenvalue weighted by molar-refractivity contribution is -0.0188. The summed E-state index contributed by atoms with van der Waals surface area (Å²) in [6.07, 6.45) is 2.77. The van der Waals surface area contributed by atoms with E-state index in [0.717, 1.165) is 19.3 Å². The molecule has 0 bridgehead atoms. The van der Waals surface area contributed by atoms with Crippen molar-refractivity contribution in [3.05, 3.63) is 11.8 Å². The van der Waals surface area contributed by atoms with E-state index in [-0.39, 0.29) is 18.4 Å². The van der Waals surface area contributed by atoms with E-state index in [4.69, 9.17) is 13.9 Å². The van der Waals surface area contributed by atoms with Gasteiger partial charge in [0, 0.05) is 26.1 Å². The first-order valence-corrected chi connectivity index (χ1v) is 9.72. The molecule has 1 aromatic rings. The zero-order chi connectivity index (χ0) is 16.3. The number of aromatic nitrogens is 2. The third-order valence-electron chi connectivity index (χ3n) is 4.15. The highest BCUT2D eigenvalue weighted by atomic mass is 32.2. The third-order valence-corrected chi connectivity index (χ3v) is 6.06. The van der Waals surface area contributed by atoms with Crippen molar-refractivity contribution in [2.24, 2.45) is 0 Å². The fraction of sp³-hybridized carbons (Fsp3) is 0.857. The van der Waals surface area contributed by atoms with Crippen LogP contribution >= 0.6 is 0 Å². The van der Waals surface area contributed by atoms with Gasteiger partial charge < -0.3 is 13.9 Å². The Morgan fingerprint density at radius 3 is 2.78 bits per heavy atom. The maximum Gasteiger partial charge on any atom is 0.246 e. The molecular weight excluding hydrogens is 322 g/mol. The summed E-state index contributed by atoms with van der Waals surface area (Å²) < 4.78 is 43.3. The van der Waals surface area contributed by atoms with Gasteiger partial charge in [0.25, 0.3) is 0 Å². The van der Waals surface area contributed by atoms with Gasteiger partial charge in [-0.05, 0) is 19.3 Å². The lowest BCUT2D eigenvalue weighted by atomic mass is 10.1. The number of morpholine rings is 1. The number of hydrogen-bond donors (Lipinski definition) is 0. The van der Waals surface area contributed by atoms with Crippen LogP contribution in [-0.4, -0.2) is 61.1 Å². The van der Waals surface area contributed by atoms with Crippen LogP contribution in [0.3, 0.4) is 0 Å². The van der Waals surface area contributed by atoms with Gasteiger partial charge in [0.15, 0.2) is 0 Å². The summed E-state index contributed by atoms with van der Waals surface area (Å²) >= 11 is 0. The number of ether oxygens (including phenoxy) is 2. The first kappa shape index (κ1) is 16.8. The van der Waals surface area contributed by atoms with Crippen LogP contribution in [0.2, 0.25) is 0 Å². The van der Waals surface area contributed by atoms with Gasteiger partial charge in [-0.25, -0.2) is 8.42 Å². The largest absolute Gasteiger partial charge is 0.422 e. The quantitative estimate of drug-likeness (QED) is 0.782. The molecule has 130 valence electrons. The topological polar surface area (TPSA) is 94.8 Å². The Hall–Kier alpha value is -1.03. The van der Waals surface area contributed by atoms with E-state index in [1.807, 2.05) is 6.92 Å². The SMILES string of the molecule is CCc1nnc([C@@H]2CN(S(=O)(=O)C[C@@H]3CCCCO3)CCO2)o1. The van der Waals surface area contributed by atoms with Crippen LogP contribution in [-0.2, 0) is 25.9 Å². The van der Waals surface area contributed by atoms with Gasteiger partial charge in [0.2, 0.25) is 21.8 Å². The van der Waals surface area contributed by atoms with Gasteiger partial charge in [0.05, 0.1) is 18.5 Å². The molecule has 23 heavy (non-hydrogen) atoms. The zero-order valence-corrected chi connectivity index (χ0v) is 14.1. The highest BCUT2D eigenvalue weighted by Crippen LogP contribution is 2.24. The standard InChI is InChI=1S/C14H23N3O5S/c1-2-13-15-16-14(22-13)12-9-17(6-8-21-12)23(18,19)10-11-5-3-4-7-20-11/h11-12H,2-10H2,1H3/t11-,12-/m0/s1. The van der Waals surface area contributed by atoms with E-state index in [9.17, 15) is 8.42 Å². The van der Waals surface area contributed by atoms with Crippen LogP contribution in [0.5, 0.6) is 0 Å². The van der Waals surface area contributed by atoms with Crippen molar-refractivity contribution in [2.75, 3.05) is 32.1 Å². The first-order valence-electron chi connectivity index (χ1n) is 8.12. The zero-order valence-electron chi connectivity index (χ0n) is 13.3. The van der Waals surface area contributed by atoms with Gasteiger partial charge in [-0.1, -0.05) is 6.92 Å². The van der Waals surface area contributed by atoms with Crippen LogP contribution in [0, 0.1) is 0 Å². The van der Waals surface area contributed by atoms with E-state index in [2.05, 4.69) is 10.2 Å². The number of aryl methyl sites for hydroxylation is 1. The second-order valence-corrected chi connectivity index (χ2v) is 7.89. The van der Waals surface area contributed by atoms with Crippen molar-refractivity contribution in [3.8, 4) is 0 Å². The van der Waals surface area contributed by atoms with Crippen molar-refractivity contribution in [1.29, 1.82) is 0 Å². The molecule has 2 aliphatic heterocycles. The number of nitrogens with zero attached hydrogens (tertiary/aromatic N) is 3. The third kappa shape index (κ3) is 4.09. The normalized spacial score (nSPS) is 27.2. The van der Waals surface area contributed by atoms with E-state index in [1.165, 1.54) is 4.31 Å². The van der Waals surface area contributed by atoms with E-state index in [1.54, 1.807) is 0 Å². The predicted octanol–water partition coefficient (Wildman–Crippen LogP) is 0.904. The van der Waals surface area contributed by atoms with E-state index < -0.39 is 16.1 Å². The molecule has 0 amide bonds. The first-order chi connectivity index (χ1) is 11.1. The molecule has 0 aromatic carbocycles. The molecule has 2 saturated heterocycles. The molecule has 3 rings (SSSR count). The van der Waals surface area contributed by atoms with Crippen molar-refractivity contribution >= 4 is 10.0 Å². The number of hydrogen-bond acceptors (Lipinski definition) is 7. The van der Waals surface area contributed by atoms with Crippen LogP contribution in [0.1, 0.15) is 44.1 Å². The van der Waals surface area contributed by atoms with Gasteiger partial charge >= 0.3 is 0 Å². The minimum atomic E-state index is -3.38. The molecule has 0 radical (unpaired) electrons. The van der Waals surface area contributed by atoms with Crippen LogP contribution < -0.4 is 0 Å². The molecule has 2 atom stereocenters. The Kier molecular flexibility index (Phi) is 5.30. The monoisotopic (exact) mass is 345 g/mol. The Bertz CT molecular complexity index is 612. The molecule has 1 aromatic heterocycles. The van der Waals surface area contributed by atoms with Gasteiger partial charge in [0.1, 0.15) is 6.10 Å². The Morgan fingerprint density at radius 2 is 2.09 bits per heavy atom. The van der Waals surface area contributed by atoms with Crippen LogP contribution in [0.15, 0.2) is 4.42 Å². The highest BCUT2D eigenvalue weighted by Gasteiger charge is 2.34. The molecule has 8 nitrogen and oxygen atoms in total. The summed E-state index contributed by atoms with van der Waals surface area (Å²) in [5, 5.41) is 7.86. The van der Waals surface area contributed by atoms with Crippen LogP contribution in [0.4, 0.5) is 0 Å². The summed E-state index contributed by atoms with van der Waals surface area (Å²) in [6.45, 7) is 3.44. The molecule has 9 heteroatoms. The molecule has 0 unspecified atom stereocenters. The summed E-state index contributed by atoms with van der Waals surface area (Å²) in [5.41, 5.74) is 0. The smallest absolute Gasteiger partial charge is 0.246 e. The summed E-state index contributed by atoms with van der Waals surface area (Å²) in [7, 11) is -3.38. The molecule has 0 N–H and O–H groups in total. The fourth-order valence-corrected chi connectivity index (χ4v) is 4.51. The van der Waals surface area contributed by atoms with Crippen molar-refractivity contribution < 1.29 is 22.3 Å². The minimum Gasteiger partial charge on any atom is -0.422 e. The van der Waals surface area contributed by atoms with Crippen LogP contribution in [0.25, 0.3) is 0 Å². The predicted molar refractivity (Wildman–Crippen MR) is 81.3 cm³/mol. The Balaban J connectivity index is 1.64. The Morgan fingerprint density at radius 1 is 1.22 bits per heavy atom. The van der Waals surface area contributed by atoms with E-state index >= 15 is 0 Å². The second kappa shape index (κ2) is 7.25. The molecular formula is C14H23N3O5S. The molecule has 0 saturated carbocycles. The summed E-state index contributed by atoms with van der Waals surface area (Å²) in [5.74, 6) is 0.902. The molecule has 3 heterocycles. The summed E-state index contributed by atoms with van der Waals surface area (Å²) in [4.78, 5) is 0. The lowest BCUT2D eigenvalue weighted by Crippen LogP contribution is -2.45. The minimum absolute atomic E-state index is 0.0315. The molecule has 0 spiro atoms. The van der Waals surface area contributed by atoms with Gasteiger partial charge in [-0.15, -0.1) is 10.2 Å². The maximum atomic E-state index is 12.6. The molecule has 2 fully saturated rings. The highest BCUT2D eigenvalue weighted by molar-refractivity contribution is 7.89. The molecule has 2 aliphatic rings. The summed E-state index contributed by atoms with van der Waals surface area (Å²) in [6, 6.07) is 0. The van der Waals surface area contributed by atoms with Crippen molar-refractivity contribution in [3.63, 3.8) is 0 Å². The fourth-order valence-electron chi connectivity index (χ4n) is 2.85. The maximum absolute atomic E-state index is 12.6. The van der Waals surface area contributed by atoms with Crippen molar-refractivity contribution in [1.82, 2.24) is 14.5 Å².